The number of unbranched alkanes of at least 4 members (excludes halogenated alkanes) is 2. The van der Waals surface area contributed by atoms with Gasteiger partial charge in [0.15, 0.2) is 11.9 Å². The number of carboxylic acids is 3. The second kappa shape index (κ2) is 37.1. The van der Waals surface area contributed by atoms with Gasteiger partial charge in [0.05, 0.1) is 12.5 Å². The van der Waals surface area contributed by atoms with Crippen molar-refractivity contribution in [3.63, 3.8) is 0 Å². The average Bonchev–Trinajstić information content (AvgIpc) is 3.87. The number of aliphatic imine (C=N–C) groups is 2. The van der Waals surface area contributed by atoms with Gasteiger partial charge in [-0.1, -0.05) is 0 Å². The van der Waals surface area contributed by atoms with E-state index in [1.165, 1.54) is 4.90 Å². The number of thiol groups is 2. The van der Waals surface area contributed by atoms with Gasteiger partial charge in [0.2, 0.25) is 47.3 Å². The fourth-order valence-electron chi connectivity index (χ4n) is 7.65. The molecule has 436 valence electrons. The molecule has 0 aromatic carbocycles. The van der Waals surface area contributed by atoms with Gasteiger partial charge < -0.3 is 97.6 Å². The predicted octanol–water partition coefficient (Wildman–Crippen LogP) is -6.65. The highest BCUT2D eigenvalue weighted by molar-refractivity contribution is 7.80. The third-order valence-electron chi connectivity index (χ3n) is 11.8. The van der Waals surface area contributed by atoms with Crippen LogP contribution in [0.3, 0.4) is 0 Å². The quantitative estimate of drug-likeness (QED) is 0.0118. The molecule has 1 aliphatic heterocycles. The van der Waals surface area contributed by atoms with Crippen molar-refractivity contribution in [1.29, 1.82) is 0 Å². The fourth-order valence-corrected chi connectivity index (χ4v) is 8.08. The zero-order valence-corrected chi connectivity index (χ0v) is 44.7. The summed E-state index contributed by atoms with van der Waals surface area (Å²) in [5, 5.41) is 45.8. The summed E-state index contributed by atoms with van der Waals surface area (Å²) in [4.78, 5) is 154. The lowest BCUT2D eigenvalue weighted by molar-refractivity contribution is -0.144. The number of carbonyl (C=O) groups is 11. The molecule has 0 aromatic heterocycles. The molecule has 9 atom stereocenters. The Morgan fingerprint density at radius 1 is 0.519 bits per heavy atom. The normalized spacial score (nSPS) is 16.0. The number of nitrogens with one attached hydrogen (secondary N) is 7. The van der Waals surface area contributed by atoms with E-state index in [1.54, 1.807) is 0 Å². The molecule has 0 unspecified atom stereocenters. The molecule has 33 heteroatoms. The maximum absolute atomic E-state index is 14.4. The number of guanidine groups is 2. The third-order valence-corrected chi connectivity index (χ3v) is 12.5. The molecule has 1 fully saturated rings. The Kier molecular flexibility index (Phi) is 32.9. The lowest BCUT2D eigenvalue weighted by atomic mass is 10.0. The Hall–Kier alpha value is -6.71. The van der Waals surface area contributed by atoms with E-state index in [1.807, 2.05) is 0 Å². The Morgan fingerprint density at radius 2 is 0.948 bits per heavy atom. The zero-order chi connectivity index (χ0) is 58.2. The molecule has 77 heavy (non-hydrogen) atoms. The SMILES string of the molecule is NCCCC[C@H](NC(=O)[C@H](CCCCN)NC(=O)[C@@H]1CCCN1C(=O)[C@H](CCCN=C(N)N)NC(=O)[C@H](CS)NC(=O)[C@H](CCC(=O)O)NC(=O)[C@@H](N)CS)C(=O)N[C@@H](CC(=O)O)C(=O)N[C@@H](CCCN=C(N)N)C(=O)O. The van der Waals surface area contributed by atoms with Crippen molar-refractivity contribution in [2.45, 2.75) is 151 Å². The fraction of sp³-hybridized carbons (Fsp3) is 0.705. The van der Waals surface area contributed by atoms with E-state index in [0.717, 1.165) is 0 Å². The lowest BCUT2D eigenvalue weighted by Crippen LogP contribution is -2.60. The van der Waals surface area contributed by atoms with Crippen molar-refractivity contribution < 1.29 is 68.1 Å². The molecule has 1 heterocycles. The number of likely N-dealkylation sites (tertiary alicyclic amines) is 1. The largest absolute Gasteiger partial charge is 0.481 e. The van der Waals surface area contributed by atoms with Crippen LogP contribution < -0.4 is 77.4 Å². The van der Waals surface area contributed by atoms with E-state index < -0.39 is 132 Å². The van der Waals surface area contributed by atoms with Crippen LogP contribution in [-0.2, 0) is 52.7 Å². The minimum Gasteiger partial charge on any atom is -0.481 e. The van der Waals surface area contributed by atoms with Gasteiger partial charge in [0, 0.05) is 37.6 Å². The summed E-state index contributed by atoms with van der Waals surface area (Å²) >= 11 is 8.16. The first-order chi connectivity index (χ1) is 36.4. The summed E-state index contributed by atoms with van der Waals surface area (Å²) in [5.74, 6) is -12.4. The molecule has 1 aliphatic rings. The van der Waals surface area contributed by atoms with Crippen LogP contribution in [0.15, 0.2) is 9.98 Å². The van der Waals surface area contributed by atoms with Crippen molar-refractivity contribution in [1.82, 2.24) is 42.1 Å². The van der Waals surface area contributed by atoms with Crippen LogP contribution in [0.2, 0.25) is 0 Å². The third kappa shape index (κ3) is 26.8. The Balaban J connectivity index is 3.48. The van der Waals surface area contributed by atoms with Gasteiger partial charge in [-0.25, -0.2) is 4.79 Å². The summed E-state index contributed by atoms with van der Waals surface area (Å²) in [6.45, 7) is 0.470. The molecule has 1 saturated heterocycles. The van der Waals surface area contributed by atoms with Gasteiger partial charge in [0.25, 0.3) is 0 Å². The summed E-state index contributed by atoms with van der Waals surface area (Å²) in [5.41, 5.74) is 38.7. The van der Waals surface area contributed by atoms with Crippen LogP contribution >= 0.6 is 25.3 Å². The number of hydrogen-bond donors (Lipinski definition) is 19. The van der Waals surface area contributed by atoms with Crippen molar-refractivity contribution >= 4 is 102 Å². The van der Waals surface area contributed by atoms with E-state index in [2.05, 4.69) is 72.5 Å². The summed E-state index contributed by atoms with van der Waals surface area (Å²) in [7, 11) is 0. The van der Waals surface area contributed by atoms with Gasteiger partial charge in [0.1, 0.15) is 48.3 Å². The summed E-state index contributed by atoms with van der Waals surface area (Å²) in [6, 6.07) is -12.7. The number of nitrogens with two attached hydrogens (primary N) is 7. The first kappa shape index (κ1) is 68.3. The van der Waals surface area contributed by atoms with Crippen molar-refractivity contribution in [2.75, 3.05) is 44.2 Å². The standard InChI is InChI=1S/C44H79N17O14S2/c45-15-3-1-8-24(36(68)59-29(20-33(64)65)38(70)58-28(42(74)75)11-6-18-53-44(50)51)55-35(67)25(9-2-4-16-46)56-40(72)31-12-7-19-61(31)41(73)27(10-5-17-52-43(48)49)57-39(71)30(22-77)60-37(69)26(13-14-32(62)63)54-34(66)23(47)21-76/h23-31,76-77H,1-22,45-47H2,(H,54,66)(H,55,67)(H,56,72)(H,57,71)(H,58,70)(H,59,68)(H,60,69)(H,62,63)(H,64,65)(H,74,75)(H4,48,49,52)(H4,50,51,53)/t23-,24-,25-,26-,27-,28-,29-,30-,31-/m0/s1. The first-order valence-corrected chi connectivity index (χ1v) is 26.2. The number of amides is 8. The minimum atomic E-state index is -1.81. The highest BCUT2D eigenvalue weighted by Gasteiger charge is 2.40. The topological polar surface area (TPSA) is 543 Å². The van der Waals surface area contributed by atoms with E-state index in [-0.39, 0.29) is 114 Å². The molecule has 24 N–H and O–H groups in total. The molecular weight excluding hydrogens is 1050 g/mol. The van der Waals surface area contributed by atoms with Gasteiger partial charge in [-0.2, -0.15) is 25.3 Å². The molecule has 31 nitrogen and oxygen atoms in total. The van der Waals surface area contributed by atoms with Crippen LogP contribution in [0.4, 0.5) is 0 Å². The molecular formula is C44H79N17O14S2. The Bertz CT molecular complexity index is 2070. The minimum absolute atomic E-state index is 0.0143. The number of carbonyl (C=O) groups excluding carboxylic acids is 8. The van der Waals surface area contributed by atoms with Gasteiger partial charge >= 0.3 is 17.9 Å². The highest BCUT2D eigenvalue weighted by atomic mass is 32.1. The zero-order valence-electron chi connectivity index (χ0n) is 42.9. The Labute approximate surface area is 456 Å². The second-order valence-corrected chi connectivity index (χ2v) is 18.7. The maximum Gasteiger partial charge on any atom is 0.326 e. The average molecular weight is 1130 g/mol. The van der Waals surface area contributed by atoms with E-state index in [9.17, 15) is 68.1 Å². The van der Waals surface area contributed by atoms with Gasteiger partial charge in [-0.05, 0) is 96.6 Å². The van der Waals surface area contributed by atoms with Crippen molar-refractivity contribution in [3.05, 3.63) is 0 Å². The molecule has 0 radical (unpaired) electrons. The molecule has 0 bridgehead atoms. The van der Waals surface area contributed by atoms with E-state index in [0.29, 0.717) is 25.7 Å². The highest BCUT2D eigenvalue weighted by Crippen LogP contribution is 2.21. The number of aliphatic carboxylic acids is 3. The molecule has 1 rings (SSSR count). The van der Waals surface area contributed by atoms with Crippen LogP contribution in [0.1, 0.15) is 96.3 Å². The van der Waals surface area contributed by atoms with Gasteiger partial charge in [-0.3, -0.25) is 57.9 Å². The number of rotatable bonds is 39. The summed E-state index contributed by atoms with van der Waals surface area (Å²) < 4.78 is 0. The number of hydrogen-bond acceptors (Lipinski definition) is 18. The number of carboxylic acid groups (broad SMARTS) is 3. The van der Waals surface area contributed by atoms with Crippen LogP contribution in [-0.4, -0.2) is 196 Å². The van der Waals surface area contributed by atoms with Gasteiger partial charge in [-0.15, -0.1) is 0 Å². The van der Waals surface area contributed by atoms with E-state index in [4.69, 9.17) is 40.1 Å². The van der Waals surface area contributed by atoms with Crippen LogP contribution in [0, 0.1) is 0 Å². The first-order valence-electron chi connectivity index (χ1n) is 25.0. The Morgan fingerprint density at radius 3 is 1.43 bits per heavy atom. The smallest absolute Gasteiger partial charge is 0.326 e. The number of nitrogens with zero attached hydrogens (tertiary/aromatic N) is 3. The van der Waals surface area contributed by atoms with Crippen LogP contribution in [0.25, 0.3) is 0 Å². The molecule has 0 aliphatic carbocycles. The predicted molar refractivity (Wildman–Crippen MR) is 286 cm³/mol. The van der Waals surface area contributed by atoms with E-state index >= 15 is 0 Å². The van der Waals surface area contributed by atoms with Crippen molar-refractivity contribution in [2.24, 2.45) is 50.1 Å². The van der Waals surface area contributed by atoms with Crippen molar-refractivity contribution in [3.8, 4) is 0 Å². The monoisotopic (exact) mass is 1130 g/mol. The molecule has 0 spiro atoms. The molecule has 8 amide bonds. The lowest BCUT2D eigenvalue weighted by Gasteiger charge is -2.31. The second-order valence-electron chi connectivity index (χ2n) is 17.9. The molecule has 0 aromatic rings. The molecule has 0 saturated carbocycles. The summed E-state index contributed by atoms with van der Waals surface area (Å²) in [6.07, 6.45) is -0.263. The maximum atomic E-state index is 14.4. The van der Waals surface area contributed by atoms with Crippen LogP contribution in [0.5, 0.6) is 0 Å².